The van der Waals surface area contributed by atoms with Gasteiger partial charge in [0.2, 0.25) is 11.8 Å². The fraction of sp³-hybridized carbons (Fsp3) is 0.150. The minimum absolute atomic E-state index is 0.0570. The van der Waals surface area contributed by atoms with Crippen molar-refractivity contribution in [3.63, 3.8) is 0 Å². The Morgan fingerprint density at radius 3 is 2.66 bits per heavy atom. The number of nitrogens with zero attached hydrogens (tertiary/aromatic N) is 2. The molecule has 0 spiro atoms. The van der Waals surface area contributed by atoms with Gasteiger partial charge in [0.05, 0.1) is 16.4 Å². The number of aliphatic imine (C=N–C) groups is 1. The molecule has 1 fully saturated rings. The molecule has 0 bridgehead atoms. The Bertz CT molecular complexity index is 982. The number of nitrogens with one attached hydrogen (secondary N) is 1. The fourth-order valence-corrected chi connectivity index (χ4v) is 4.23. The molecule has 5 nitrogen and oxygen atoms in total. The topological polar surface area (TPSA) is 61.8 Å². The van der Waals surface area contributed by atoms with Crippen LogP contribution < -0.4 is 5.32 Å². The second-order valence-corrected chi connectivity index (χ2v) is 8.10. The lowest BCUT2D eigenvalue weighted by atomic mass is 10.2. The number of amides is 2. The number of halogens is 3. The van der Waals surface area contributed by atoms with Crippen molar-refractivity contribution in [2.75, 3.05) is 11.9 Å². The van der Waals surface area contributed by atoms with E-state index in [0.29, 0.717) is 26.6 Å². The zero-order valence-electron chi connectivity index (χ0n) is 15.1. The Hall–Kier alpha value is -2.35. The SMILES string of the molecule is C=CCN1C(=O)[C@@H](CC(=O)Nc2ccc(Cl)cc2Cl)SC1=Nc1ccc(F)cc1. The van der Waals surface area contributed by atoms with Gasteiger partial charge in [-0.3, -0.25) is 14.5 Å². The molecule has 1 aliphatic heterocycles. The number of benzene rings is 2. The van der Waals surface area contributed by atoms with Crippen molar-refractivity contribution in [3.8, 4) is 0 Å². The number of hydrogen-bond acceptors (Lipinski definition) is 4. The van der Waals surface area contributed by atoms with Crippen molar-refractivity contribution in [3.05, 3.63) is 71.0 Å². The van der Waals surface area contributed by atoms with E-state index in [1.165, 1.54) is 47.0 Å². The summed E-state index contributed by atoms with van der Waals surface area (Å²) in [5, 5.41) is 3.25. The summed E-state index contributed by atoms with van der Waals surface area (Å²) in [6.45, 7) is 3.91. The van der Waals surface area contributed by atoms with Gasteiger partial charge in [0.15, 0.2) is 5.17 Å². The molecule has 2 aromatic carbocycles. The lowest BCUT2D eigenvalue weighted by molar-refractivity contribution is -0.127. The van der Waals surface area contributed by atoms with Gasteiger partial charge in [0.25, 0.3) is 0 Å². The van der Waals surface area contributed by atoms with E-state index in [2.05, 4.69) is 16.9 Å². The first-order valence-corrected chi connectivity index (χ1v) is 10.2. The van der Waals surface area contributed by atoms with E-state index >= 15 is 0 Å². The first-order chi connectivity index (χ1) is 13.9. The monoisotopic (exact) mass is 451 g/mol. The molecule has 2 amide bonds. The van der Waals surface area contributed by atoms with E-state index in [1.54, 1.807) is 18.2 Å². The normalized spacial score (nSPS) is 17.6. The molecule has 3 rings (SSSR count). The van der Waals surface area contributed by atoms with Crippen LogP contribution in [0.15, 0.2) is 60.1 Å². The summed E-state index contributed by atoms with van der Waals surface area (Å²) in [6, 6.07) is 10.3. The van der Waals surface area contributed by atoms with Crippen LogP contribution in [0.4, 0.5) is 15.8 Å². The highest BCUT2D eigenvalue weighted by Crippen LogP contribution is 2.32. The van der Waals surface area contributed by atoms with Gasteiger partial charge in [-0.05, 0) is 42.5 Å². The maximum atomic E-state index is 13.1. The maximum Gasteiger partial charge on any atom is 0.242 e. The number of amidine groups is 1. The van der Waals surface area contributed by atoms with Crippen LogP contribution in [-0.4, -0.2) is 33.7 Å². The van der Waals surface area contributed by atoms with Crippen molar-refractivity contribution in [2.24, 2.45) is 4.99 Å². The van der Waals surface area contributed by atoms with Crippen LogP contribution in [0.2, 0.25) is 10.0 Å². The smallest absolute Gasteiger partial charge is 0.242 e. The third-order valence-electron chi connectivity index (χ3n) is 3.96. The van der Waals surface area contributed by atoms with E-state index in [0.717, 1.165) is 0 Å². The number of anilines is 1. The standard InChI is InChI=1S/C20H16Cl2FN3O2S/c1-2-9-26-19(28)17(29-20(26)24-14-6-4-13(23)5-7-14)11-18(27)25-16-8-3-12(21)10-15(16)22/h2-8,10,17H,1,9,11H2,(H,25,27)/t17-/m1/s1. The quantitative estimate of drug-likeness (QED) is 0.607. The van der Waals surface area contributed by atoms with Gasteiger partial charge >= 0.3 is 0 Å². The summed E-state index contributed by atoms with van der Waals surface area (Å²) in [7, 11) is 0. The highest BCUT2D eigenvalue weighted by molar-refractivity contribution is 8.15. The van der Waals surface area contributed by atoms with Gasteiger partial charge in [-0.2, -0.15) is 0 Å². The molecule has 1 atom stereocenters. The summed E-state index contributed by atoms with van der Waals surface area (Å²) < 4.78 is 13.1. The van der Waals surface area contributed by atoms with Gasteiger partial charge in [0, 0.05) is 18.0 Å². The largest absolute Gasteiger partial charge is 0.325 e. The van der Waals surface area contributed by atoms with E-state index in [1.807, 2.05) is 0 Å². The maximum absolute atomic E-state index is 13.1. The Labute approximate surface area is 181 Å². The molecule has 1 N–H and O–H groups in total. The first kappa shape index (κ1) is 21.4. The van der Waals surface area contributed by atoms with Crippen molar-refractivity contribution >= 4 is 63.3 Å². The molecule has 29 heavy (non-hydrogen) atoms. The van der Waals surface area contributed by atoms with E-state index in [-0.39, 0.29) is 30.6 Å². The summed E-state index contributed by atoms with van der Waals surface area (Å²) in [5.41, 5.74) is 0.925. The van der Waals surface area contributed by atoms with Crippen LogP contribution in [0.5, 0.6) is 0 Å². The summed E-state index contributed by atoms with van der Waals surface area (Å²) in [5.74, 6) is -0.975. The van der Waals surface area contributed by atoms with Crippen LogP contribution in [0, 0.1) is 5.82 Å². The average Bonchev–Trinajstić information content (AvgIpc) is 2.95. The third-order valence-corrected chi connectivity index (χ3v) is 5.68. The molecule has 0 radical (unpaired) electrons. The van der Waals surface area contributed by atoms with E-state index < -0.39 is 5.25 Å². The van der Waals surface area contributed by atoms with E-state index in [4.69, 9.17) is 23.2 Å². The van der Waals surface area contributed by atoms with Crippen molar-refractivity contribution < 1.29 is 14.0 Å². The molecule has 0 saturated carbocycles. The zero-order valence-corrected chi connectivity index (χ0v) is 17.4. The number of carbonyl (C=O) groups excluding carboxylic acids is 2. The Morgan fingerprint density at radius 2 is 2.00 bits per heavy atom. The van der Waals surface area contributed by atoms with Crippen LogP contribution in [0.1, 0.15) is 6.42 Å². The van der Waals surface area contributed by atoms with Gasteiger partial charge < -0.3 is 5.32 Å². The minimum atomic E-state index is -0.639. The molecule has 9 heteroatoms. The summed E-state index contributed by atoms with van der Waals surface area (Å²) in [4.78, 5) is 31.0. The molecular formula is C20H16Cl2FN3O2S. The molecule has 1 aliphatic rings. The Morgan fingerprint density at radius 1 is 1.28 bits per heavy atom. The minimum Gasteiger partial charge on any atom is -0.325 e. The molecule has 0 aliphatic carbocycles. The molecule has 1 heterocycles. The zero-order chi connectivity index (χ0) is 21.0. The molecule has 0 unspecified atom stereocenters. The summed E-state index contributed by atoms with van der Waals surface area (Å²) in [6.07, 6.45) is 1.52. The molecule has 1 saturated heterocycles. The van der Waals surface area contributed by atoms with E-state index in [9.17, 15) is 14.0 Å². The first-order valence-electron chi connectivity index (χ1n) is 8.55. The lowest BCUT2D eigenvalue weighted by Crippen LogP contribution is -2.33. The number of carbonyl (C=O) groups is 2. The predicted octanol–water partition coefficient (Wildman–Crippen LogP) is 5.28. The third kappa shape index (κ3) is 5.38. The predicted molar refractivity (Wildman–Crippen MR) is 116 cm³/mol. The second-order valence-electron chi connectivity index (χ2n) is 6.09. The van der Waals surface area contributed by atoms with Crippen LogP contribution in [0.25, 0.3) is 0 Å². The van der Waals surface area contributed by atoms with Gasteiger partial charge in [-0.15, -0.1) is 6.58 Å². The number of thioether (sulfide) groups is 1. The number of hydrogen-bond donors (Lipinski definition) is 1. The lowest BCUT2D eigenvalue weighted by Gasteiger charge is -2.14. The number of rotatable bonds is 6. The van der Waals surface area contributed by atoms with Crippen molar-refractivity contribution in [1.29, 1.82) is 0 Å². The van der Waals surface area contributed by atoms with Gasteiger partial charge in [-0.25, -0.2) is 9.38 Å². The summed E-state index contributed by atoms with van der Waals surface area (Å²) >= 11 is 13.1. The van der Waals surface area contributed by atoms with Crippen molar-refractivity contribution in [2.45, 2.75) is 11.7 Å². The highest BCUT2D eigenvalue weighted by atomic mass is 35.5. The van der Waals surface area contributed by atoms with Crippen LogP contribution in [-0.2, 0) is 9.59 Å². The van der Waals surface area contributed by atoms with Crippen LogP contribution in [0.3, 0.4) is 0 Å². The molecule has 2 aromatic rings. The van der Waals surface area contributed by atoms with Gasteiger partial charge in [0.1, 0.15) is 11.1 Å². The second kappa shape index (κ2) is 9.43. The fourth-order valence-electron chi connectivity index (χ4n) is 2.61. The highest BCUT2D eigenvalue weighted by Gasteiger charge is 2.38. The average molecular weight is 452 g/mol. The van der Waals surface area contributed by atoms with Crippen LogP contribution >= 0.6 is 35.0 Å². The Balaban J connectivity index is 1.74. The van der Waals surface area contributed by atoms with Gasteiger partial charge in [-0.1, -0.05) is 41.0 Å². The molecule has 0 aromatic heterocycles. The van der Waals surface area contributed by atoms with Crippen molar-refractivity contribution in [1.82, 2.24) is 4.90 Å². The Kier molecular flexibility index (Phi) is 6.95. The molecule has 150 valence electrons. The molecular weight excluding hydrogens is 436 g/mol.